The number of likely N-dealkylation sites (tertiary alicyclic amines) is 1. The maximum absolute atomic E-state index is 11.2. The van der Waals surface area contributed by atoms with Crippen molar-refractivity contribution in [3.8, 4) is 0 Å². The SMILES string of the molecule is CN1C(=O)C(C(=O)NN)C1(C)C. The molecule has 68 valence electrons. The van der Waals surface area contributed by atoms with E-state index >= 15 is 0 Å². The van der Waals surface area contributed by atoms with Gasteiger partial charge in [0.1, 0.15) is 5.92 Å². The first-order valence-electron chi connectivity index (χ1n) is 3.71. The quantitative estimate of drug-likeness (QED) is 0.172. The molecule has 1 rings (SSSR count). The molecule has 0 aromatic rings. The highest BCUT2D eigenvalue weighted by atomic mass is 16.2. The van der Waals surface area contributed by atoms with Gasteiger partial charge in [-0.15, -0.1) is 0 Å². The van der Waals surface area contributed by atoms with Crippen molar-refractivity contribution in [1.82, 2.24) is 10.3 Å². The summed E-state index contributed by atoms with van der Waals surface area (Å²) in [6, 6.07) is 0. The van der Waals surface area contributed by atoms with Crippen LogP contribution in [-0.4, -0.2) is 29.3 Å². The average molecular weight is 171 g/mol. The molecule has 3 N–H and O–H groups in total. The lowest BCUT2D eigenvalue weighted by Crippen LogP contribution is -2.70. The Bertz CT molecular complexity index is 229. The number of nitrogens with zero attached hydrogens (tertiary/aromatic N) is 1. The second-order valence-corrected chi connectivity index (χ2v) is 3.49. The Morgan fingerprint density at radius 3 is 2.50 bits per heavy atom. The van der Waals surface area contributed by atoms with Gasteiger partial charge in [0, 0.05) is 7.05 Å². The van der Waals surface area contributed by atoms with E-state index in [0.717, 1.165) is 0 Å². The Morgan fingerprint density at radius 1 is 1.67 bits per heavy atom. The second kappa shape index (κ2) is 2.45. The zero-order chi connectivity index (χ0) is 9.52. The molecule has 0 bridgehead atoms. The molecule has 1 saturated heterocycles. The third-order valence-corrected chi connectivity index (χ3v) is 2.55. The van der Waals surface area contributed by atoms with Crippen LogP contribution in [0.4, 0.5) is 0 Å². The van der Waals surface area contributed by atoms with Crippen molar-refractivity contribution in [2.24, 2.45) is 11.8 Å². The molecule has 0 radical (unpaired) electrons. The molecule has 1 aliphatic heterocycles. The van der Waals surface area contributed by atoms with Crippen LogP contribution in [0.25, 0.3) is 0 Å². The topological polar surface area (TPSA) is 75.4 Å². The van der Waals surface area contributed by atoms with Crippen LogP contribution >= 0.6 is 0 Å². The predicted molar refractivity (Wildman–Crippen MR) is 42.7 cm³/mol. The summed E-state index contributed by atoms with van der Waals surface area (Å²) in [5.74, 6) is 3.72. The summed E-state index contributed by atoms with van der Waals surface area (Å²) in [5, 5.41) is 0. The van der Waals surface area contributed by atoms with Crippen LogP contribution in [0.3, 0.4) is 0 Å². The first kappa shape index (κ1) is 8.99. The first-order chi connectivity index (χ1) is 5.42. The van der Waals surface area contributed by atoms with E-state index in [1.807, 2.05) is 19.3 Å². The van der Waals surface area contributed by atoms with E-state index in [1.165, 1.54) is 4.90 Å². The smallest absolute Gasteiger partial charge is 0.248 e. The first-order valence-corrected chi connectivity index (χ1v) is 3.71. The Kier molecular flexibility index (Phi) is 1.83. The van der Waals surface area contributed by atoms with Gasteiger partial charge in [-0.1, -0.05) is 0 Å². The number of carbonyl (C=O) groups is 2. The number of hydrazine groups is 1. The van der Waals surface area contributed by atoms with Gasteiger partial charge in [-0.3, -0.25) is 15.0 Å². The van der Waals surface area contributed by atoms with Crippen molar-refractivity contribution in [3.63, 3.8) is 0 Å². The van der Waals surface area contributed by atoms with E-state index < -0.39 is 17.4 Å². The van der Waals surface area contributed by atoms with E-state index in [0.29, 0.717) is 0 Å². The fraction of sp³-hybridized carbons (Fsp3) is 0.714. The maximum Gasteiger partial charge on any atom is 0.248 e. The Morgan fingerprint density at radius 2 is 2.17 bits per heavy atom. The molecule has 1 aliphatic rings. The normalized spacial score (nSPS) is 26.5. The van der Waals surface area contributed by atoms with Crippen LogP contribution < -0.4 is 11.3 Å². The molecule has 0 spiro atoms. The lowest BCUT2D eigenvalue weighted by atomic mass is 9.76. The largest absolute Gasteiger partial charge is 0.339 e. The summed E-state index contributed by atoms with van der Waals surface area (Å²) in [6.07, 6.45) is 0. The number of β-lactam (4-membered cyclic amide) rings is 1. The molecule has 0 aromatic carbocycles. The average Bonchev–Trinajstić information content (AvgIpc) is 2.03. The van der Waals surface area contributed by atoms with Crippen molar-refractivity contribution in [2.75, 3.05) is 7.05 Å². The van der Waals surface area contributed by atoms with Gasteiger partial charge in [0.2, 0.25) is 11.8 Å². The monoisotopic (exact) mass is 171 g/mol. The molecule has 1 heterocycles. The molecule has 2 amide bonds. The molecular formula is C7H13N3O2. The van der Waals surface area contributed by atoms with Crippen molar-refractivity contribution < 1.29 is 9.59 Å². The van der Waals surface area contributed by atoms with E-state index in [1.54, 1.807) is 7.05 Å². The Labute approximate surface area is 70.9 Å². The summed E-state index contributed by atoms with van der Waals surface area (Å²) >= 11 is 0. The van der Waals surface area contributed by atoms with Crippen LogP contribution in [0.1, 0.15) is 13.8 Å². The summed E-state index contributed by atoms with van der Waals surface area (Å²) in [5.41, 5.74) is 1.57. The fourth-order valence-corrected chi connectivity index (χ4v) is 1.42. The van der Waals surface area contributed by atoms with Gasteiger partial charge in [-0.2, -0.15) is 0 Å². The van der Waals surface area contributed by atoms with E-state index in [-0.39, 0.29) is 5.91 Å². The van der Waals surface area contributed by atoms with Crippen molar-refractivity contribution in [3.05, 3.63) is 0 Å². The minimum atomic E-state index is -0.632. The lowest BCUT2D eigenvalue weighted by molar-refractivity contribution is -0.168. The maximum atomic E-state index is 11.2. The Balaban J connectivity index is 2.81. The van der Waals surface area contributed by atoms with Crippen LogP contribution in [0.15, 0.2) is 0 Å². The highest BCUT2D eigenvalue weighted by Crippen LogP contribution is 2.35. The fourth-order valence-electron chi connectivity index (χ4n) is 1.42. The van der Waals surface area contributed by atoms with Gasteiger partial charge in [-0.25, -0.2) is 5.84 Å². The van der Waals surface area contributed by atoms with E-state index in [4.69, 9.17) is 5.84 Å². The third kappa shape index (κ3) is 0.896. The van der Waals surface area contributed by atoms with Crippen LogP contribution in [0, 0.1) is 5.92 Å². The van der Waals surface area contributed by atoms with Crippen LogP contribution in [-0.2, 0) is 9.59 Å². The van der Waals surface area contributed by atoms with Crippen molar-refractivity contribution in [1.29, 1.82) is 0 Å². The van der Waals surface area contributed by atoms with Crippen molar-refractivity contribution >= 4 is 11.8 Å². The van der Waals surface area contributed by atoms with Crippen LogP contribution in [0.5, 0.6) is 0 Å². The van der Waals surface area contributed by atoms with Gasteiger partial charge in [0.25, 0.3) is 0 Å². The molecular weight excluding hydrogens is 158 g/mol. The molecule has 0 saturated carbocycles. The molecule has 0 aliphatic carbocycles. The predicted octanol–water partition coefficient (Wildman–Crippen LogP) is -1.16. The molecule has 0 aromatic heterocycles. The van der Waals surface area contributed by atoms with Gasteiger partial charge in [-0.05, 0) is 13.8 Å². The number of nitrogens with two attached hydrogens (primary N) is 1. The minimum absolute atomic E-state index is 0.178. The highest BCUT2D eigenvalue weighted by Gasteiger charge is 2.55. The van der Waals surface area contributed by atoms with Gasteiger partial charge in [0.05, 0.1) is 5.54 Å². The number of hydrogen-bond acceptors (Lipinski definition) is 3. The second-order valence-electron chi connectivity index (χ2n) is 3.49. The molecule has 5 nitrogen and oxygen atoms in total. The highest BCUT2D eigenvalue weighted by molar-refractivity contribution is 6.06. The number of amides is 2. The lowest BCUT2D eigenvalue weighted by Gasteiger charge is -2.50. The number of carbonyl (C=O) groups excluding carboxylic acids is 2. The summed E-state index contributed by atoms with van der Waals surface area (Å²) in [4.78, 5) is 23.8. The van der Waals surface area contributed by atoms with Gasteiger partial charge in [0.15, 0.2) is 0 Å². The molecule has 1 atom stereocenters. The molecule has 1 unspecified atom stereocenters. The van der Waals surface area contributed by atoms with Gasteiger partial charge >= 0.3 is 0 Å². The van der Waals surface area contributed by atoms with E-state index in [2.05, 4.69) is 0 Å². The zero-order valence-electron chi connectivity index (χ0n) is 7.42. The van der Waals surface area contributed by atoms with E-state index in [9.17, 15) is 9.59 Å². The summed E-state index contributed by atoms with van der Waals surface area (Å²) in [7, 11) is 1.67. The summed E-state index contributed by atoms with van der Waals surface area (Å²) in [6.45, 7) is 3.66. The molecule has 1 fully saturated rings. The number of rotatable bonds is 1. The molecule has 5 heteroatoms. The minimum Gasteiger partial charge on any atom is -0.339 e. The van der Waals surface area contributed by atoms with Crippen molar-refractivity contribution in [2.45, 2.75) is 19.4 Å². The molecule has 12 heavy (non-hydrogen) atoms. The standard InChI is InChI=1S/C7H13N3O2/c1-7(2)4(5(11)9-8)6(12)10(7)3/h4H,8H2,1-3H3,(H,9,11). The number of hydrogen-bond donors (Lipinski definition) is 2. The summed E-state index contributed by atoms with van der Waals surface area (Å²) < 4.78 is 0. The Hall–Kier alpha value is -1.10. The third-order valence-electron chi connectivity index (χ3n) is 2.55. The van der Waals surface area contributed by atoms with Gasteiger partial charge < -0.3 is 4.90 Å². The zero-order valence-corrected chi connectivity index (χ0v) is 7.42. The number of nitrogens with one attached hydrogen (secondary N) is 1. The van der Waals surface area contributed by atoms with Crippen LogP contribution in [0.2, 0.25) is 0 Å².